The Labute approximate surface area is 109 Å². The molecule has 0 aliphatic rings. The molecule has 1 aromatic heterocycles. The normalized spacial score (nSPS) is 11.5. The maximum atomic E-state index is 11.8. The molecule has 1 heterocycles. The molecule has 8 nitrogen and oxygen atoms in total. The number of carbonyl (C=O) groups is 1. The minimum absolute atomic E-state index is 0.0256. The molecular weight excluding hydrogens is 274 g/mol. The third kappa shape index (κ3) is 4.45. The van der Waals surface area contributed by atoms with E-state index in [2.05, 4.69) is 9.71 Å². The highest BCUT2D eigenvalue weighted by Gasteiger charge is 2.10. The van der Waals surface area contributed by atoms with Crippen LogP contribution in [-0.2, 0) is 16.6 Å². The zero-order valence-electron chi connectivity index (χ0n) is 10.6. The van der Waals surface area contributed by atoms with E-state index in [0.717, 1.165) is 17.0 Å². The molecule has 19 heavy (non-hydrogen) atoms. The van der Waals surface area contributed by atoms with Crippen LogP contribution in [0.2, 0.25) is 0 Å². The molecule has 0 atom stereocenters. The van der Waals surface area contributed by atoms with Gasteiger partial charge in [0.05, 0.1) is 11.8 Å². The Bertz CT molecular complexity index is 686. The van der Waals surface area contributed by atoms with Crippen LogP contribution in [0.15, 0.2) is 15.8 Å². The van der Waals surface area contributed by atoms with E-state index in [1.54, 1.807) is 0 Å². The van der Waals surface area contributed by atoms with E-state index in [0.29, 0.717) is 0 Å². The highest BCUT2D eigenvalue weighted by molar-refractivity contribution is 7.88. The second kappa shape index (κ2) is 5.93. The van der Waals surface area contributed by atoms with Crippen molar-refractivity contribution in [3.8, 4) is 0 Å². The van der Waals surface area contributed by atoms with Crippen LogP contribution in [0.5, 0.6) is 0 Å². The van der Waals surface area contributed by atoms with Crippen LogP contribution in [0.25, 0.3) is 0 Å². The Hall–Kier alpha value is -1.74. The van der Waals surface area contributed by atoms with Crippen molar-refractivity contribution in [3.05, 3.63) is 32.6 Å². The van der Waals surface area contributed by atoms with Gasteiger partial charge in [0.15, 0.2) is 5.78 Å². The van der Waals surface area contributed by atoms with Crippen molar-refractivity contribution >= 4 is 15.8 Å². The van der Waals surface area contributed by atoms with Crippen molar-refractivity contribution in [3.63, 3.8) is 0 Å². The van der Waals surface area contributed by atoms with Gasteiger partial charge in [0.25, 0.3) is 5.56 Å². The third-order valence-electron chi connectivity index (χ3n) is 2.36. The SMILES string of the molecule is CC(=O)c1c[nH]c(=O)n(CCCNS(C)(=O)=O)c1=O. The summed E-state index contributed by atoms with van der Waals surface area (Å²) < 4.78 is 24.8. The van der Waals surface area contributed by atoms with Crippen LogP contribution < -0.4 is 16.0 Å². The molecule has 0 unspecified atom stereocenters. The fraction of sp³-hybridized carbons (Fsp3) is 0.500. The van der Waals surface area contributed by atoms with Gasteiger partial charge in [-0.25, -0.2) is 17.9 Å². The molecule has 1 rings (SSSR count). The number of H-pyrrole nitrogens is 1. The number of nitrogens with one attached hydrogen (secondary N) is 2. The van der Waals surface area contributed by atoms with Crippen molar-refractivity contribution in [2.45, 2.75) is 19.9 Å². The van der Waals surface area contributed by atoms with E-state index in [1.165, 1.54) is 6.92 Å². The first-order chi connectivity index (χ1) is 8.72. The zero-order valence-corrected chi connectivity index (χ0v) is 11.4. The Morgan fingerprint density at radius 1 is 1.42 bits per heavy atom. The van der Waals surface area contributed by atoms with Crippen molar-refractivity contribution in [2.24, 2.45) is 0 Å². The number of nitrogens with zero attached hydrogens (tertiary/aromatic N) is 1. The maximum Gasteiger partial charge on any atom is 0.328 e. The zero-order chi connectivity index (χ0) is 14.6. The Morgan fingerprint density at radius 3 is 2.58 bits per heavy atom. The monoisotopic (exact) mass is 289 g/mol. The second-order valence-corrected chi connectivity index (χ2v) is 5.87. The molecule has 0 saturated heterocycles. The number of aromatic amines is 1. The van der Waals surface area contributed by atoms with Gasteiger partial charge in [-0.05, 0) is 13.3 Å². The standard InChI is InChI=1S/C10H15N3O5S/c1-7(14)8-6-11-10(16)13(9(8)15)5-3-4-12-19(2,17)18/h6,12H,3-5H2,1-2H3,(H,11,16). The minimum atomic E-state index is -3.30. The number of Topliss-reactive ketones (excluding diaryl/α,β-unsaturated/α-hetero) is 1. The molecule has 0 aliphatic heterocycles. The minimum Gasteiger partial charge on any atom is -0.313 e. The van der Waals surface area contributed by atoms with Gasteiger partial charge in [-0.15, -0.1) is 0 Å². The van der Waals surface area contributed by atoms with E-state index in [-0.39, 0.29) is 25.1 Å². The van der Waals surface area contributed by atoms with Crippen LogP contribution in [-0.4, -0.2) is 36.6 Å². The van der Waals surface area contributed by atoms with Crippen LogP contribution in [0, 0.1) is 0 Å². The summed E-state index contributed by atoms with van der Waals surface area (Å²) in [4.78, 5) is 36.7. The van der Waals surface area contributed by atoms with E-state index in [1.807, 2.05) is 0 Å². The van der Waals surface area contributed by atoms with Crippen LogP contribution in [0.1, 0.15) is 23.7 Å². The first-order valence-electron chi connectivity index (χ1n) is 5.50. The molecule has 106 valence electrons. The predicted octanol–water partition coefficient (Wildman–Crippen LogP) is -1.32. The van der Waals surface area contributed by atoms with Gasteiger partial charge >= 0.3 is 5.69 Å². The number of aromatic nitrogens is 2. The van der Waals surface area contributed by atoms with Gasteiger partial charge in [-0.1, -0.05) is 0 Å². The first kappa shape index (κ1) is 15.3. The molecule has 0 amide bonds. The van der Waals surface area contributed by atoms with E-state index in [9.17, 15) is 22.8 Å². The first-order valence-corrected chi connectivity index (χ1v) is 7.39. The van der Waals surface area contributed by atoms with Crippen LogP contribution in [0.4, 0.5) is 0 Å². The summed E-state index contributed by atoms with van der Waals surface area (Å²) in [6, 6.07) is 0. The molecule has 9 heteroatoms. The number of hydrogen-bond donors (Lipinski definition) is 2. The number of rotatable bonds is 6. The van der Waals surface area contributed by atoms with Gasteiger partial charge < -0.3 is 4.98 Å². The molecule has 0 bridgehead atoms. The number of ketones is 1. The highest BCUT2D eigenvalue weighted by atomic mass is 32.2. The average molecular weight is 289 g/mol. The lowest BCUT2D eigenvalue weighted by atomic mass is 10.2. The van der Waals surface area contributed by atoms with Crippen molar-refractivity contribution in [2.75, 3.05) is 12.8 Å². The summed E-state index contributed by atoms with van der Waals surface area (Å²) in [7, 11) is -3.30. The lowest BCUT2D eigenvalue weighted by Gasteiger charge is -2.06. The number of hydrogen-bond acceptors (Lipinski definition) is 5. The smallest absolute Gasteiger partial charge is 0.313 e. The second-order valence-electron chi connectivity index (χ2n) is 4.04. The summed E-state index contributed by atoms with van der Waals surface area (Å²) in [5, 5.41) is 0. The average Bonchev–Trinajstić information content (AvgIpc) is 2.25. The summed E-state index contributed by atoms with van der Waals surface area (Å²) in [5.74, 6) is -0.440. The lowest BCUT2D eigenvalue weighted by Crippen LogP contribution is -2.38. The van der Waals surface area contributed by atoms with Gasteiger partial charge in [-0.2, -0.15) is 0 Å². The Morgan fingerprint density at radius 2 is 2.05 bits per heavy atom. The lowest BCUT2D eigenvalue weighted by molar-refractivity contribution is 0.101. The van der Waals surface area contributed by atoms with Crippen molar-refractivity contribution in [1.29, 1.82) is 0 Å². The molecule has 0 aromatic carbocycles. The number of carbonyl (C=O) groups excluding carboxylic acids is 1. The van der Waals surface area contributed by atoms with E-state index in [4.69, 9.17) is 0 Å². The quantitative estimate of drug-likeness (QED) is 0.497. The van der Waals surface area contributed by atoms with Crippen LogP contribution in [0.3, 0.4) is 0 Å². The highest BCUT2D eigenvalue weighted by Crippen LogP contribution is 1.89. The van der Waals surface area contributed by atoms with Gasteiger partial charge in [0.1, 0.15) is 0 Å². The molecule has 1 aromatic rings. The van der Waals surface area contributed by atoms with Gasteiger partial charge in [0.2, 0.25) is 10.0 Å². The van der Waals surface area contributed by atoms with Crippen molar-refractivity contribution < 1.29 is 13.2 Å². The fourth-order valence-corrected chi connectivity index (χ4v) is 1.98. The molecular formula is C10H15N3O5S. The van der Waals surface area contributed by atoms with Gasteiger partial charge in [-0.3, -0.25) is 14.2 Å². The summed E-state index contributed by atoms with van der Waals surface area (Å²) >= 11 is 0. The molecule has 0 aliphatic carbocycles. The summed E-state index contributed by atoms with van der Waals surface area (Å²) in [6.07, 6.45) is 2.36. The molecule has 2 N–H and O–H groups in total. The summed E-state index contributed by atoms with van der Waals surface area (Å²) in [6.45, 7) is 1.36. The van der Waals surface area contributed by atoms with Crippen LogP contribution >= 0.6 is 0 Å². The summed E-state index contributed by atoms with van der Waals surface area (Å²) in [5.41, 5.74) is -1.40. The predicted molar refractivity (Wildman–Crippen MR) is 68.8 cm³/mol. The molecule has 0 spiro atoms. The molecule has 0 saturated carbocycles. The Kier molecular flexibility index (Phi) is 4.78. The van der Waals surface area contributed by atoms with Crippen molar-refractivity contribution in [1.82, 2.24) is 14.3 Å². The fourth-order valence-electron chi connectivity index (χ4n) is 1.46. The maximum absolute atomic E-state index is 11.8. The number of sulfonamides is 1. The third-order valence-corrected chi connectivity index (χ3v) is 3.09. The van der Waals surface area contributed by atoms with Gasteiger partial charge in [0, 0.05) is 19.3 Å². The van der Waals surface area contributed by atoms with E-state index < -0.39 is 27.1 Å². The van der Waals surface area contributed by atoms with E-state index >= 15 is 0 Å². The largest absolute Gasteiger partial charge is 0.328 e. The molecule has 0 radical (unpaired) electrons. The molecule has 0 fully saturated rings. The Balaban J connectivity index is 2.85. The topological polar surface area (TPSA) is 118 Å².